The lowest BCUT2D eigenvalue weighted by molar-refractivity contribution is -0.123. The maximum Gasteiger partial charge on any atom is 0.303 e. The Balaban J connectivity index is 2.98. The fourth-order valence-electron chi connectivity index (χ4n) is 1.32. The number of carbonyl (C=O) groups excluding carboxylic acids is 1. The quantitative estimate of drug-likeness (QED) is 0.883. The highest BCUT2D eigenvalue weighted by atomic mass is 32.2. The van der Waals surface area contributed by atoms with E-state index in [1.54, 1.807) is 26.0 Å². The highest BCUT2D eigenvalue weighted by Crippen LogP contribution is 2.23. The monoisotopic (exact) mass is 270 g/mol. The molecule has 0 radical (unpaired) electrons. The number of nitrogens with zero attached hydrogens (tertiary/aromatic N) is 1. The second kappa shape index (κ2) is 5.07. The Morgan fingerprint density at radius 3 is 2.11 bits per heavy atom. The molecule has 1 rings (SSSR count). The predicted molar refractivity (Wildman–Crippen MR) is 70.2 cm³/mol. The molecule has 0 spiro atoms. The normalized spacial score (nSPS) is 12.5. The van der Waals surface area contributed by atoms with Crippen LogP contribution in [0, 0.1) is 0 Å². The van der Waals surface area contributed by atoms with Crippen molar-refractivity contribution in [2.24, 2.45) is 0 Å². The number of hydrogen-bond acceptors (Lipinski definition) is 3. The number of nitrogens with one attached hydrogen (secondary N) is 1. The largest absolute Gasteiger partial charge is 0.303 e. The molecule has 0 aliphatic rings. The molecule has 5 nitrogen and oxygen atoms in total. The van der Waals surface area contributed by atoms with Crippen molar-refractivity contribution in [3.05, 3.63) is 35.9 Å². The van der Waals surface area contributed by atoms with Crippen LogP contribution in [0.1, 0.15) is 19.4 Å². The summed E-state index contributed by atoms with van der Waals surface area (Å²) in [6.45, 7) is 3.37. The van der Waals surface area contributed by atoms with Gasteiger partial charge >= 0.3 is 10.2 Å². The molecule has 0 aliphatic heterocycles. The molecule has 0 fully saturated rings. The summed E-state index contributed by atoms with van der Waals surface area (Å²) >= 11 is 0. The Morgan fingerprint density at radius 2 is 1.67 bits per heavy atom. The van der Waals surface area contributed by atoms with Crippen molar-refractivity contribution in [3.8, 4) is 0 Å². The third-order valence-corrected chi connectivity index (χ3v) is 4.17. The molecule has 1 N–H and O–H groups in total. The van der Waals surface area contributed by atoms with E-state index in [0.29, 0.717) is 0 Å². The minimum absolute atomic E-state index is 0.553. The molecule has 1 aromatic carbocycles. The lowest BCUT2D eigenvalue weighted by Gasteiger charge is -2.24. The first-order valence-electron chi connectivity index (χ1n) is 5.48. The predicted octanol–water partition coefficient (Wildman–Crippen LogP) is 0.887. The van der Waals surface area contributed by atoms with Gasteiger partial charge in [0.15, 0.2) is 0 Å². The summed E-state index contributed by atoms with van der Waals surface area (Å²) in [6, 6.07) is 9.05. The van der Waals surface area contributed by atoms with Gasteiger partial charge in [0.1, 0.15) is 0 Å². The zero-order valence-electron chi connectivity index (χ0n) is 11.0. The van der Waals surface area contributed by atoms with Crippen molar-refractivity contribution >= 4 is 16.1 Å². The van der Waals surface area contributed by atoms with Crippen LogP contribution in [-0.2, 0) is 20.4 Å². The Hall–Kier alpha value is -1.40. The maximum atomic E-state index is 12.1. The first-order chi connectivity index (χ1) is 8.18. The topological polar surface area (TPSA) is 66.5 Å². The van der Waals surface area contributed by atoms with Gasteiger partial charge in [-0.2, -0.15) is 12.7 Å². The summed E-state index contributed by atoms with van der Waals surface area (Å²) in [5, 5.41) is 0. The van der Waals surface area contributed by atoms with Crippen molar-refractivity contribution in [1.29, 1.82) is 0 Å². The van der Waals surface area contributed by atoms with Crippen LogP contribution in [-0.4, -0.2) is 32.7 Å². The molecule has 0 saturated heterocycles. The maximum absolute atomic E-state index is 12.1. The Bertz CT molecular complexity index is 522. The molecule has 0 aliphatic carbocycles. The minimum atomic E-state index is -3.75. The second-order valence-corrected chi connectivity index (χ2v) is 6.59. The number of hydrogen-bond donors (Lipinski definition) is 1. The van der Waals surface area contributed by atoms with E-state index in [9.17, 15) is 13.2 Å². The molecule has 18 heavy (non-hydrogen) atoms. The van der Waals surface area contributed by atoms with Gasteiger partial charge in [0, 0.05) is 14.1 Å². The molecule has 100 valence electrons. The van der Waals surface area contributed by atoms with E-state index < -0.39 is 21.5 Å². The Kier molecular flexibility index (Phi) is 4.13. The van der Waals surface area contributed by atoms with Crippen molar-refractivity contribution in [2.75, 3.05) is 14.1 Å². The third-order valence-electron chi connectivity index (χ3n) is 2.77. The summed E-state index contributed by atoms with van der Waals surface area (Å²) in [6.07, 6.45) is 0. The van der Waals surface area contributed by atoms with E-state index in [1.807, 2.05) is 18.2 Å². The van der Waals surface area contributed by atoms with Gasteiger partial charge in [0.25, 0.3) is 0 Å². The Labute approximate surface area is 108 Å². The SMILES string of the molecule is CN(C)S(=O)(=O)NC(=O)C(C)(C)c1ccccc1. The molecule has 6 heteroatoms. The zero-order chi connectivity index (χ0) is 14.0. The minimum Gasteiger partial charge on any atom is -0.273 e. The molecule has 0 saturated carbocycles. The average Bonchev–Trinajstić information content (AvgIpc) is 2.29. The van der Waals surface area contributed by atoms with Crippen LogP contribution in [0.3, 0.4) is 0 Å². The molecule has 0 aromatic heterocycles. The average molecular weight is 270 g/mol. The highest BCUT2D eigenvalue weighted by Gasteiger charge is 2.32. The lowest BCUT2D eigenvalue weighted by atomic mass is 9.84. The van der Waals surface area contributed by atoms with Gasteiger partial charge in [-0.05, 0) is 19.4 Å². The standard InChI is InChI=1S/C12H18N2O3S/c1-12(2,10-8-6-5-7-9-10)11(15)13-18(16,17)14(3)4/h5-9H,1-4H3,(H,13,15). The van der Waals surface area contributed by atoms with Crippen LogP contribution >= 0.6 is 0 Å². The molecule has 1 aromatic rings. The van der Waals surface area contributed by atoms with Crippen LogP contribution in [0.15, 0.2) is 30.3 Å². The van der Waals surface area contributed by atoms with Crippen molar-refractivity contribution < 1.29 is 13.2 Å². The highest BCUT2D eigenvalue weighted by molar-refractivity contribution is 7.87. The first-order valence-corrected chi connectivity index (χ1v) is 6.92. The van der Waals surface area contributed by atoms with Gasteiger partial charge < -0.3 is 0 Å². The lowest BCUT2D eigenvalue weighted by Crippen LogP contribution is -2.47. The van der Waals surface area contributed by atoms with E-state index in [4.69, 9.17) is 0 Å². The summed E-state index contributed by atoms with van der Waals surface area (Å²) in [4.78, 5) is 12.1. The van der Waals surface area contributed by atoms with Gasteiger partial charge in [0.05, 0.1) is 5.41 Å². The zero-order valence-corrected chi connectivity index (χ0v) is 11.8. The van der Waals surface area contributed by atoms with E-state index in [2.05, 4.69) is 4.72 Å². The summed E-state index contributed by atoms with van der Waals surface area (Å²) in [7, 11) is -1.02. The molecule has 0 atom stereocenters. The number of rotatable bonds is 4. The number of benzene rings is 1. The number of amides is 1. The molecular formula is C12H18N2O3S. The first kappa shape index (κ1) is 14.7. The smallest absolute Gasteiger partial charge is 0.273 e. The van der Waals surface area contributed by atoms with Gasteiger partial charge in [0.2, 0.25) is 5.91 Å². The van der Waals surface area contributed by atoms with Gasteiger partial charge in [-0.3, -0.25) is 4.79 Å². The summed E-state index contributed by atoms with van der Waals surface area (Å²) in [5.41, 5.74) is -0.152. The van der Waals surface area contributed by atoms with Crippen molar-refractivity contribution in [2.45, 2.75) is 19.3 Å². The Morgan fingerprint density at radius 1 is 1.17 bits per heavy atom. The van der Waals surface area contributed by atoms with Gasteiger partial charge in [-0.25, -0.2) is 4.72 Å². The molecule has 1 amide bonds. The van der Waals surface area contributed by atoms with E-state index in [0.717, 1.165) is 9.87 Å². The van der Waals surface area contributed by atoms with Gasteiger partial charge in [-0.1, -0.05) is 30.3 Å². The summed E-state index contributed by atoms with van der Waals surface area (Å²) in [5.74, 6) is -0.553. The molecule has 0 unspecified atom stereocenters. The number of carbonyl (C=O) groups is 1. The fraction of sp³-hybridized carbons (Fsp3) is 0.417. The third kappa shape index (κ3) is 3.08. The van der Waals surface area contributed by atoms with Gasteiger partial charge in [-0.15, -0.1) is 0 Å². The van der Waals surface area contributed by atoms with Crippen LogP contribution in [0.4, 0.5) is 0 Å². The van der Waals surface area contributed by atoms with E-state index >= 15 is 0 Å². The van der Waals surface area contributed by atoms with Crippen molar-refractivity contribution in [3.63, 3.8) is 0 Å². The molecular weight excluding hydrogens is 252 g/mol. The summed E-state index contributed by atoms with van der Waals surface area (Å²) < 4.78 is 26.2. The van der Waals surface area contributed by atoms with Crippen LogP contribution in [0.5, 0.6) is 0 Å². The molecule has 0 heterocycles. The van der Waals surface area contributed by atoms with E-state index in [1.165, 1.54) is 14.1 Å². The van der Waals surface area contributed by atoms with Crippen LogP contribution < -0.4 is 4.72 Å². The van der Waals surface area contributed by atoms with Crippen molar-refractivity contribution in [1.82, 2.24) is 9.03 Å². The fourth-order valence-corrected chi connectivity index (χ4v) is 1.99. The van der Waals surface area contributed by atoms with E-state index in [-0.39, 0.29) is 0 Å². The van der Waals surface area contributed by atoms with Crippen LogP contribution in [0.2, 0.25) is 0 Å². The second-order valence-electron chi connectivity index (χ2n) is 4.71. The van der Waals surface area contributed by atoms with Crippen LogP contribution in [0.25, 0.3) is 0 Å². The molecule has 0 bridgehead atoms.